The first-order valence-corrected chi connectivity index (χ1v) is 8.57. The van der Waals surface area contributed by atoms with Gasteiger partial charge in [0.2, 0.25) is 0 Å². The summed E-state index contributed by atoms with van der Waals surface area (Å²) in [6.07, 6.45) is -1.29. The Balaban J connectivity index is 1.48. The zero-order valence-corrected chi connectivity index (χ0v) is 14.3. The molecule has 8 heteroatoms. The van der Waals surface area contributed by atoms with Gasteiger partial charge in [-0.2, -0.15) is 13.2 Å². The van der Waals surface area contributed by atoms with Crippen molar-refractivity contribution in [2.24, 2.45) is 0 Å². The van der Waals surface area contributed by atoms with Gasteiger partial charge in [-0.3, -0.25) is 4.79 Å². The molecule has 1 aliphatic heterocycles. The third-order valence-electron chi connectivity index (χ3n) is 4.76. The van der Waals surface area contributed by atoms with Crippen LogP contribution in [0, 0.1) is 0 Å². The van der Waals surface area contributed by atoms with E-state index in [0.717, 1.165) is 17.0 Å². The van der Waals surface area contributed by atoms with Crippen molar-refractivity contribution in [1.82, 2.24) is 14.9 Å². The van der Waals surface area contributed by atoms with E-state index >= 15 is 0 Å². The maximum absolute atomic E-state index is 13.2. The number of aromatic nitrogens is 2. The second kappa shape index (κ2) is 6.61. The van der Waals surface area contributed by atoms with Gasteiger partial charge in [-0.25, -0.2) is 4.98 Å². The number of benzene rings is 1. The minimum Gasteiger partial charge on any atom is -0.361 e. The summed E-state index contributed by atoms with van der Waals surface area (Å²) in [5.74, 6) is -0.201. The molecule has 1 aromatic carbocycles. The van der Waals surface area contributed by atoms with E-state index < -0.39 is 11.7 Å². The van der Waals surface area contributed by atoms with Gasteiger partial charge in [0, 0.05) is 49.7 Å². The summed E-state index contributed by atoms with van der Waals surface area (Å²) >= 11 is 0. The Labute approximate surface area is 153 Å². The molecule has 1 amide bonds. The van der Waals surface area contributed by atoms with Crippen molar-refractivity contribution < 1.29 is 18.0 Å². The Hall–Kier alpha value is -3.03. The number of nitrogens with zero attached hydrogens (tertiary/aromatic N) is 3. The molecule has 0 atom stereocenters. The van der Waals surface area contributed by atoms with Crippen LogP contribution in [0.15, 0.2) is 48.8 Å². The molecule has 0 spiro atoms. The number of hydrogen-bond acceptors (Lipinski definition) is 3. The number of alkyl halides is 3. The average molecular weight is 374 g/mol. The van der Waals surface area contributed by atoms with Crippen LogP contribution in [0.4, 0.5) is 19.0 Å². The van der Waals surface area contributed by atoms with Crippen LogP contribution in [0.5, 0.6) is 0 Å². The molecule has 0 saturated carbocycles. The molecule has 0 radical (unpaired) electrons. The molecule has 140 valence electrons. The van der Waals surface area contributed by atoms with Crippen molar-refractivity contribution >= 4 is 22.6 Å². The molecule has 3 heterocycles. The highest BCUT2D eigenvalue weighted by molar-refractivity contribution is 5.98. The molecule has 1 aliphatic rings. The maximum atomic E-state index is 13.2. The van der Waals surface area contributed by atoms with Crippen molar-refractivity contribution in [3.8, 4) is 0 Å². The number of aromatic amines is 1. The summed E-state index contributed by atoms with van der Waals surface area (Å²) in [6.45, 7) is 1.29. The van der Waals surface area contributed by atoms with Gasteiger partial charge in [0.05, 0.1) is 5.56 Å². The molecule has 1 saturated heterocycles. The molecular formula is C19H17F3N4O. The molecule has 4 rings (SSSR count). The number of pyridine rings is 1. The van der Waals surface area contributed by atoms with Gasteiger partial charge in [0.25, 0.3) is 5.91 Å². The summed E-state index contributed by atoms with van der Waals surface area (Å²) in [6, 6.07) is 9.68. The van der Waals surface area contributed by atoms with Gasteiger partial charge >= 0.3 is 6.18 Å². The predicted molar refractivity (Wildman–Crippen MR) is 95.7 cm³/mol. The quantitative estimate of drug-likeness (QED) is 0.747. The normalized spacial score (nSPS) is 15.4. The second-order valence-corrected chi connectivity index (χ2v) is 6.43. The van der Waals surface area contributed by atoms with Gasteiger partial charge in [-0.1, -0.05) is 6.07 Å². The van der Waals surface area contributed by atoms with E-state index in [9.17, 15) is 18.0 Å². The molecule has 1 fully saturated rings. The Morgan fingerprint density at radius 1 is 1.07 bits per heavy atom. The highest BCUT2D eigenvalue weighted by Gasteiger charge is 2.36. The number of amides is 1. The summed E-state index contributed by atoms with van der Waals surface area (Å²) < 4.78 is 39.6. The van der Waals surface area contributed by atoms with E-state index in [1.807, 2.05) is 18.3 Å². The number of anilines is 1. The average Bonchev–Trinajstić information content (AvgIpc) is 3.15. The minimum absolute atomic E-state index is 0.0788. The third kappa shape index (κ3) is 3.34. The molecular weight excluding hydrogens is 357 g/mol. The standard InChI is InChI=1S/C19H17F3N4O/c20-19(21,22)15-2-1-6-24-17(15)25-8-10-26(11-9-25)18(27)14-4-3-13-5-7-23-16(13)12-14/h1-7,12,23H,8-11H2. The number of carbonyl (C=O) groups is 1. The first-order chi connectivity index (χ1) is 12.9. The van der Waals surface area contributed by atoms with Crippen LogP contribution in [0.25, 0.3) is 10.9 Å². The van der Waals surface area contributed by atoms with Gasteiger partial charge in [0.15, 0.2) is 0 Å². The highest BCUT2D eigenvalue weighted by Crippen LogP contribution is 2.35. The number of hydrogen-bond donors (Lipinski definition) is 1. The van der Waals surface area contributed by atoms with Crippen LogP contribution in [-0.2, 0) is 6.18 Å². The number of rotatable bonds is 2. The topological polar surface area (TPSA) is 52.2 Å². The van der Waals surface area contributed by atoms with Crippen molar-refractivity contribution in [3.63, 3.8) is 0 Å². The fraction of sp³-hybridized carbons (Fsp3) is 0.263. The lowest BCUT2D eigenvalue weighted by atomic mass is 10.1. The number of fused-ring (bicyclic) bond motifs is 1. The zero-order valence-electron chi connectivity index (χ0n) is 14.3. The fourth-order valence-corrected chi connectivity index (χ4v) is 3.36. The molecule has 2 aromatic heterocycles. The van der Waals surface area contributed by atoms with Gasteiger partial charge in [-0.15, -0.1) is 0 Å². The van der Waals surface area contributed by atoms with Crippen LogP contribution in [0.2, 0.25) is 0 Å². The van der Waals surface area contributed by atoms with E-state index in [-0.39, 0.29) is 11.7 Å². The van der Waals surface area contributed by atoms with Crippen molar-refractivity contribution in [2.75, 3.05) is 31.1 Å². The van der Waals surface area contributed by atoms with Crippen LogP contribution in [0.1, 0.15) is 15.9 Å². The molecule has 0 aliphatic carbocycles. The Morgan fingerprint density at radius 2 is 1.85 bits per heavy atom. The Morgan fingerprint density at radius 3 is 2.59 bits per heavy atom. The fourth-order valence-electron chi connectivity index (χ4n) is 3.36. The monoisotopic (exact) mass is 374 g/mol. The highest BCUT2D eigenvalue weighted by atomic mass is 19.4. The van der Waals surface area contributed by atoms with E-state index in [2.05, 4.69) is 9.97 Å². The van der Waals surface area contributed by atoms with Gasteiger partial charge in [0.1, 0.15) is 5.82 Å². The lowest BCUT2D eigenvalue weighted by molar-refractivity contribution is -0.137. The van der Waals surface area contributed by atoms with Crippen molar-refractivity contribution in [2.45, 2.75) is 6.18 Å². The first-order valence-electron chi connectivity index (χ1n) is 8.57. The first kappa shape index (κ1) is 17.4. The number of halogens is 3. The SMILES string of the molecule is O=C(c1ccc2cc[nH]c2c1)N1CCN(c2ncccc2C(F)(F)F)CC1. The maximum Gasteiger partial charge on any atom is 0.419 e. The van der Waals surface area contributed by atoms with Crippen LogP contribution < -0.4 is 4.90 Å². The summed E-state index contributed by atoms with van der Waals surface area (Å²) in [4.78, 5) is 23.0. The molecule has 0 unspecified atom stereocenters. The minimum atomic E-state index is -4.46. The number of carbonyl (C=O) groups excluding carboxylic acids is 1. The number of piperazine rings is 1. The summed E-state index contributed by atoms with van der Waals surface area (Å²) in [7, 11) is 0. The van der Waals surface area contributed by atoms with E-state index in [1.165, 1.54) is 12.3 Å². The van der Waals surface area contributed by atoms with Crippen LogP contribution >= 0.6 is 0 Å². The number of nitrogens with one attached hydrogen (secondary N) is 1. The molecule has 3 aromatic rings. The van der Waals surface area contributed by atoms with Crippen molar-refractivity contribution in [3.05, 3.63) is 59.9 Å². The van der Waals surface area contributed by atoms with Crippen LogP contribution in [0.3, 0.4) is 0 Å². The van der Waals surface area contributed by atoms with E-state index in [1.54, 1.807) is 21.9 Å². The van der Waals surface area contributed by atoms with Gasteiger partial charge in [-0.05, 0) is 35.7 Å². The lowest BCUT2D eigenvalue weighted by Gasteiger charge is -2.36. The Bertz CT molecular complexity index is 974. The zero-order chi connectivity index (χ0) is 19.0. The molecule has 5 nitrogen and oxygen atoms in total. The molecule has 0 bridgehead atoms. The molecule has 27 heavy (non-hydrogen) atoms. The van der Waals surface area contributed by atoms with E-state index in [0.29, 0.717) is 31.7 Å². The lowest BCUT2D eigenvalue weighted by Crippen LogP contribution is -2.49. The Kier molecular flexibility index (Phi) is 4.25. The molecule has 1 N–H and O–H groups in total. The largest absolute Gasteiger partial charge is 0.419 e. The van der Waals surface area contributed by atoms with Gasteiger partial charge < -0.3 is 14.8 Å². The van der Waals surface area contributed by atoms with Crippen molar-refractivity contribution in [1.29, 1.82) is 0 Å². The van der Waals surface area contributed by atoms with E-state index in [4.69, 9.17) is 0 Å². The summed E-state index contributed by atoms with van der Waals surface area (Å²) in [5.41, 5.74) is 0.692. The predicted octanol–water partition coefficient (Wildman–Crippen LogP) is 3.54. The second-order valence-electron chi connectivity index (χ2n) is 6.43. The van der Waals surface area contributed by atoms with Crippen LogP contribution in [-0.4, -0.2) is 47.0 Å². The summed E-state index contributed by atoms with van der Waals surface area (Å²) in [5, 5.41) is 1.02. The third-order valence-corrected chi connectivity index (χ3v) is 4.76. The number of H-pyrrole nitrogens is 1. The smallest absolute Gasteiger partial charge is 0.361 e.